The van der Waals surface area contributed by atoms with Crippen LogP contribution in [0.15, 0.2) is 49.3 Å². The smallest absolute Gasteiger partial charge is 0.120 e. The molecule has 0 aliphatic rings. The Morgan fingerprint density at radius 1 is 1.38 bits per heavy atom. The molecule has 3 nitrogen and oxygen atoms in total. The number of H-pyrrole nitrogens is 1. The monoisotopic (exact) mass is 214 g/mol. The Morgan fingerprint density at radius 3 is 3.06 bits per heavy atom. The molecule has 0 amide bonds. The molecular weight excluding hydrogens is 200 g/mol. The maximum Gasteiger partial charge on any atom is 0.120 e. The predicted molar refractivity (Wildman–Crippen MR) is 63.5 cm³/mol. The van der Waals surface area contributed by atoms with Crippen LogP contribution in [0.1, 0.15) is 11.1 Å². The van der Waals surface area contributed by atoms with Crippen LogP contribution in [0.2, 0.25) is 0 Å². The fourth-order valence-corrected chi connectivity index (χ4v) is 1.51. The molecule has 0 unspecified atom stereocenters. The molecule has 1 aromatic carbocycles. The highest BCUT2D eigenvalue weighted by molar-refractivity contribution is 5.31. The molecule has 2 rings (SSSR count). The predicted octanol–water partition coefficient (Wildman–Crippen LogP) is 2.57. The molecule has 1 heterocycles. The molecule has 0 atom stereocenters. The molecule has 1 N–H and O–H groups in total. The van der Waals surface area contributed by atoms with Crippen LogP contribution in [0.5, 0.6) is 5.75 Å². The first-order chi connectivity index (χ1) is 7.88. The lowest BCUT2D eigenvalue weighted by Gasteiger charge is -2.05. The first-order valence-electron chi connectivity index (χ1n) is 5.19. The van der Waals surface area contributed by atoms with E-state index in [0.29, 0.717) is 6.61 Å². The first kappa shape index (κ1) is 10.5. The van der Waals surface area contributed by atoms with E-state index in [1.54, 1.807) is 6.08 Å². The number of hydrogen-bond donors (Lipinski definition) is 1. The van der Waals surface area contributed by atoms with Gasteiger partial charge in [-0.1, -0.05) is 24.8 Å². The summed E-state index contributed by atoms with van der Waals surface area (Å²) in [5.41, 5.74) is 2.38. The summed E-state index contributed by atoms with van der Waals surface area (Å²) in [5, 5.41) is 6.73. The number of aromatic amines is 1. The summed E-state index contributed by atoms with van der Waals surface area (Å²) < 4.78 is 5.47. The Hall–Kier alpha value is -2.03. The van der Waals surface area contributed by atoms with Crippen LogP contribution < -0.4 is 4.74 Å². The van der Waals surface area contributed by atoms with Gasteiger partial charge in [0, 0.05) is 12.6 Å². The largest absolute Gasteiger partial charge is 0.490 e. The quantitative estimate of drug-likeness (QED) is 0.777. The normalized spacial score (nSPS) is 10.0. The molecule has 0 radical (unpaired) electrons. The minimum absolute atomic E-state index is 0.537. The second-order valence-electron chi connectivity index (χ2n) is 3.53. The Bertz CT molecular complexity index is 449. The van der Waals surface area contributed by atoms with Crippen molar-refractivity contribution in [1.29, 1.82) is 0 Å². The standard InChI is InChI=1S/C13H14N2O/c1-2-6-16-13-5-3-4-11(8-13)7-12-9-14-15-10-12/h2-5,8-10H,1,6-7H2,(H,14,15). The van der Waals surface area contributed by atoms with Crippen LogP contribution in [-0.4, -0.2) is 16.8 Å². The summed E-state index contributed by atoms with van der Waals surface area (Å²) >= 11 is 0. The zero-order valence-electron chi connectivity index (χ0n) is 9.02. The van der Waals surface area contributed by atoms with Gasteiger partial charge in [-0.25, -0.2) is 0 Å². The van der Waals surface area contributed by atoms with Crippen LogP contribution >= 0.6 is 0 Å². The summed E-state index contributed by atoms with van der Waals surface area (Å²) in [6.45, 7) is 4.16. The maximum absolute atomic E-state index is 5.47. The number of ether oxygens (including phenoxy) is 1. The van der Waals surface area contributed by atoms with E-state index >= 15 is 0 Å². The van der Waals surface area contributed by atoms with Crippen molar-refractivity contribution in [3.8, 4) is 5.75 Å². The molecule has 16 heavy (non-hydrogen) atoms. The lowest BCUT2D eigenvalue weighted by atomic mass is 10.1. The number of benzene rings is 1. The van der Waals surface area contributed by atoms with Crippen LogP contribution in [-0.2, 0) is 6.42 Å². The highest BCUT2D eigenvalue weighted by Gasteiger charge is 1.99. The Morgan fingerprint density at radius 2 is 2.31 bits per heavy atom. The highest BCUT2D eigenvalue weighted by atomic mass is 16.5. The highest BCUT2D eigenvalue weighted by Crippen LogP contribution is 2.15. The van der Waals surface area contributed by atoms with E-state index in [0.717, 1.165) is 12.2 Å². The topological polar surface area (TPSA) is 37.9 Å². The second kappa shape index (κ2) is 5.16. The fraction of sp³-hybridized carbons (Fsp3) is 0.154. The van der Waals surface area contributed by atoms with E-state index in [1.807, 2.05) is 30.6 Å². The van der Waals surface area contributed by atoms with Crippen molar-refractivity contribution in [2.45, 2.75) is 6.42 Å². The van der Waals surface area contributed by atoms with E-state index in [2.05, 4.69) is 22.8 Å². The number of nitrogens with one attached hydrogen (secondary N) is 1. The molecule has 82 valence electrons. The summed E-state index contributed by atoms with van der Waals surface area (Å²) in [7, 11) is 0. The first-order valence-corrected chi connectivity index (χ1v) is 5.19. The Balaban J connectivity index is 2.06. The molecule has 0 fully saturated rings. The van der Waals surface area contributed by atoms with Crippen molar-refractivity contribution in [1.82, 2.24) is 10.2 Å². The molecule has 0 aliphatic carbocycles. The van der Waals surface area contributed by atoms with Gasteiger partial charge in [0.1, 0.15) is 12.4 Å². The van der Waals surface area contributed by atoms with Gasteiger partial charge in [0.15, 0.2) is 0 Å². The fourth-order valence-electron chi connectivity index (χ4n) is 1.51. The minimum atomic E-state index is 0.537. The van der Waals surface area contributed by atoms with Crippen LogP contribution in [0.25, 0.3) is 0 Å². The average molecular weight is 214 g/mol. The SMILES string of the molecule is C=CCOc1cccc(Cc2cn[nH]c2)c1. The summed E-state index contributed by atoms with van der Waals surface area (Å²) in [5.74, 6) is 0.876. The van der Waals surface area contributed by atoms with E-state index in [-0.39, 0.29) is 0 Å². The van der Waals surface area contributed by atoms with Gasteiger partial charge in [0.25, 0.3) is 0 Å². The van der Waals surface area contributed by atoms with E-state index in [9.17, 15) is 0 Å². The van der Waals surface area contributed by atoms with Crippen molar-refractivity contribution in [2.75, 3.05) is 6.61 Å². The summed E-state index contributed by atoms with van der Waals surface area (Å²) in [4.78, 5) is 0. The van der Waals surface area contributed by atoms with E-state index in [4.69, 9.17) is 4.74 Å². The van der Waals surface area contributed by atoms with Gasteiger partial charge in [-0.15, -0.1) is 0 Å². The summed E-state index contributed by atoms with van der Waals surface area (Å²) in [6, 6.07) is 8.06. The molecular formula is C13H14N2O. The minimum Gasteiger partial charge on any atom is -0.490 e. The van der Waals surface area contributed by atoms with Crippen LogP contribution in [0.4, 0.5) is 0 Å². The van der Waals surface area contributed by atoms with E-state index < -0.39 is 0 Å². The van der Waals surface area contributed by atoms with Gasteiger partial charge in [-0.05, 0) is 23.3 Å². The molecule has 0 saturated carbocycles. The van der Waals surface area contributed by atoms with Gasteiger partial charge in [0.05, 0.1) is 6.20 Å². The zero-order chi connectivity index (χ0) is 11.2. The summed E-state index contributed by atoms with van der Waals surface area (Å²) in [6.07, 6.45) is 6.33. The number of aromatic nitrogens is 2. The van der Waals surface area contributed by atoms with Gasteiger partial charge >= 0.3 is 0 Å². The van der Waals surface area contributed by atoms with Crippen molar-refractivity contribution < 1.29 is 4.74 Å². The van der Waals surface area contributed by atoms with Gasteiger partial charge in [-0.3, -0.25) is 5.10 Å². The molecule has 1 aromatic heterocycles. The van der Waals surface area contributed by atoms with Crippen LogP contribution in [0.3, 0.4) is 0 Å². The van der Waals surface area contributed by atoms with Crippen molar-refractivity contribution in [2.24, 2.45) is 0 Å². The molecule has 0 aliphatic heterocycles. The molecule has 0 saturated heterocycles. The van der Waals surface area contributed by atoms with Gasteiger partial charge in [-0.2, -0.15) is 5.10 Å². The molecule has 3 heteroatoms. The van der Waals surface area contributed by atoms with E-state index in [1.165, 1.54) is 11.1 Å². The number of hydrogen-bond acceptors (Lipinski definition) is 2. The van der Waals surface area contributed by atoms with Crippen molar-refractivity contribution in [3.63, 3.8) is 0 Å². The van der Waals surface area contributed by atoms with Crippen molar-refractivity contribution >= 4 is 0 Å². The van der Waals surface area contributed by atoms with Gasteiger partial charge in [0.2, 0.25) is 0 Å². The lowest BCUT2D eigenvalue weighted by Crippen LogP contribution is -1.94. The van der Waals surface area contributed by atoms with Gasteiger partial charge < -0.3 is 4.74 Å². The van der Waals surface area contributed by atoms with Crippen molar-refractivity contribution in [3.05, 3.63) is 60.4 Å². The lowest BCUT2D eigenvalue weighted by molar-refractivity contribution is 0.363. The second-order valence-corrected chi connectivity index (χ2v) is 3.53. The Kier molecular flexibility index (Phi) is 3.38. The third-order valence-electron chi connectivity index (χ3n) is 2.23. The molecule has 0 spiro atoms. The Labute approximate surface area is 94.8 Å². The number of nitrogens with zero attached hydrogens (tertiary/aromatic N) is 1. The third kappa shape index (κ3) is 2.73. The molecule has 2 aromatic rings. The zero-order valence-corrected chi connectivity index (χ0v) is 9.02. The van der Waals surface area contributed by atoms with Crippen LogP contribution in [0, 0.1) is 0 Å². The number of rotatable bonds is 5. The average Bonchev–Trinajstić information content (AvgIpc) is 2.80. The maximum atomic E-state index is 5.47. The molecule has 0 bridgehead atoms. The third-order valence-corrected chi connectivity index (χ3v) is 2.23.